The Balaban J connectivity index is 2.39. The minimum Gasteiger partial charge on any atom is -0.481 e. The third kappa shape index (κ3) is 2.68. The van der Waals surface area contributed by atoms with Gasteiger partial charge in [-0.3, -0.25) is 9.59 Å². The van der Waals surface area contributed by atoms with Gasteiger partial charge in [-0.1, -0.05) is 13.3 Å². The number of carboxylic acid groups (broad SMARTS) is 1. The van der Waals surface area contributed by atoms with Crippen LogP contribution in [0.3, 0.4) is 0 Å². The van der Waals surface area contributed by atoms with Crippen LogP contribution in [0.2, 0.25) is 0 Å². The van der Waals surface area contributed by atoms with Gasteiger partial charge in [-0.25, -0.2) is 0 Å². The Hall–Kier alpha value is -1.10. The largest absolute Gasteiger partial charge is 0.481 e. The molecule has 1 unspecified atom stereocenters. The van der Waals surface area contributed by atoms with Crippen molar-refractivity contribution in [3.63, 3.8) is 0 Å². The fourth-order valence-corrected chi connectivity index (χ4v) is 1.76. The maximum Gasteiger partial charge on any atom is 0.310 e. The molecular formula is C10H18N2O3. The highest BCUT2D eigenvalue weighted by Crippen LogP contribution is 2.20. The standard InChI is InChI=1S/C10H18N2O3/c1-2-3-7(4-11)9(13)12-5-8(6-12)10(14)15/h7-8H,2-6,11H2,1H3,(H,14,15). The molecule has 0 aliphatic carbocycles. The van der Waals surface area contributed by atoms with Crippen molar-refractivity contribution in [2.75, 3.05) is 19.6 Å². The second-order valence-electron chi connectivity index (χ2n) is 4.00. The quantitative estimate of drug-likeness (QED) is 0.669. The van der Waals surface area contributed by atoms with Crippen LogP contribution in [-0.4, -0.2) is 41.5 Å². The van der Waals surface area contributed by atoms with Crippen LogP contribution in [0.1, 0.15) is 19.8 Å². The van der Waals surface area contributed by atoms with Crippen LogP contribution in [0.25, 0.3) is 0 Å². The molecule has 0 aromatic heterocycles. The monoisotopic (exact) mass is 214 g/mol. The van der Waals surface area contributed by atoms with E-state index in [0.29, 0.717) is 19.6 Å². The minimum atomic E-state index is -0.821. The fraction of sp³-hybridized carbons (Fsp3) is 0.800. The molecule has 15 heavy (non-hydrogen) atoms. The molecule has 1 saturated heterocycles. The van der Waals surface area contributed by atoms with Gasteiger partial charge in [0.05, 0.1) is 11.8 Å². The van der Waals surface area contributed by atoms with E-state index in [0.717, 1.165) is 12.8 Å². The third-order valence-electron chi connectivity index (χ3n) is 2.81. The van der Waals surface area contributed by atoms with Crippen molar-refractivity contribution in [2.45, 2.75) is 19.8 Å². The normalized spacial score (nSPS) is 18.4. The first-order valence-electron chi connectivity index (χ1n) is 5.31. The molecule has 0 saturated carbocycles. The van der Waals surface area contributed by atoms with Gasteiger partial charge in [-0.05, 0) is 6.42 Å². The molecule has 0 spiro atoms. The number of likely N-dealkylation sites (tertiary alicyclic amines) is 1. The van der Waals surface area contributed by atoms with Crippen LogP contribution in [-0.2, 0) is 9.59 Å². The predicted octanol–water partition coefficient (Wildman–Crippen LogP) is -0.0956. The van der Waals surface area contributed by atoms with Crippen LogP contribution < -0.4 is 5.73 Å². The molecule has 86 valence electrons. The van der Waals surface area contributed by atoms with Crippen LogP contribution in [0.4, 0.5) is 0 Å². The lowest BCUT2D eigenvalue weighted by Crippen LogP contribution is -2.55. The zero-order valence-corrected chi connectivity index (χ0v) is 8.98. The molecular weight excluding hydrogens is 196 g/mol. The molecule has 0 aromatic carbocycles. The van der Waals surface area contributed by atoms with Crippen molar-refractivity contribution in [1.82, 2.24) is 4.90 Å². The number of carbonyl (C=O) groups is 2. The van der Waals surface area contributed by atoms with E-state index in [2.05, 4.69) is 0 Å². The molecule has 1 amide bonds. The van der Waals surface area contributed by atoms with E-state index in [1.54, 1.807) is 4.90 Å². The Morgan fingerprint density at radius 1 is 1.53 bits per heavy atom. The summed E-state index contributed by atoms with van der Waals surface area (Å²) in [5, 5.41) is 8.67. The van der Waals surface area contributed by atoms with Crippen molar-refractivity contribution in [2.24, 2.45) is 17.6 Å². The van der Waals surface area contributed by atoms with Crippen molar-refractivity contribution >= 4 is 11.9 Å². The summed E-state index contributed by atoms with van der Waals surface area (Å²) >= 11 is 0. The van der Waals surface area contributed by atoms with E-state index in [-0.39, 0.29) is 17.7 Å². The summed E-state index contributed by atoms with van der Waals surface area (Å²) < 4.78 is 0. The van der Waals surface area contributed by atoms with E-state index in [1.165, 1.54) is 0 Å². The van der Waals surface area contributed by atoms with E-state index >= 15 is 0 Å². The van der Waals surface area contributed by atoms with E-state index in [9.17, 15) is 9.59 Å². The minimum absolute atomic E-state index is 0.0110. The Bertz CT molecular complexity index is 249. The number of carboxylic acids is 1. The van der Waals surface area contributed by atoms with Gasteiger partial charge < -0.3 is 15.7 Å². The highest BCUT2D eigenvalue weighted by Gasteiger charge is 2.37. The van der Waals surface area contributed by atoms with Crippen LogP contribution in [0, 0.1) is 11.8 Å². The van der Waals surface area contributed by atoms with Gasteiger partial charge in [0, 0.05) is 19.6 Å². The van der Waals surface area contributed by atoms with Gasteiger partial charge in [-0.2, -0.15) is 0 Å². The maximum atomic E-state index is 11.8. The van der Waals surface area contributed by atoms with Crippen molar-refractivity contribution in [3.05, 3.63) is 0 Å². The molecule has 0 radical (unpaired) electrons. The number of carbonyl (C=O) groups excluding carboxylic acids is 1. The molecule has 1 heterocycles. The summed E-state index contributed by atoms with van der Waals surface area (Å²) in [6, 6.07) is 0. The number of hydrogen-bond donors (Lipinski definition) is 2. The summed E-state index contributed by atoms with van der Waals surface area (Å²) in [5.41, 5.74) is 5.51. The van der Waals surface area contributed by atoms with Crippen molar-refractivity contribution < 1.29 is 14.7 Å². The maximum absolute atomic E-state index is 11.8. The highest BCUT2D eigenvalue weighted by atomic mass is 16.4. The first kappa shape index (κ1) is 12.0. The Kier molecular flexibility index (Phi) is 4.08. The third-order valence-corrected chi connectivity index (χ3v) is 2.81. The Morgan fingerprint density at radius 3 is 2.53 bits per heavy atom. The summed E-state index contributed by atoms with van der Waals surface area (Å²) in [4.78, 5) is 23.9. The SMILES string of the molecule is CCCC(CN)C(=O)N1CC(C(=O)O)C1. The molecule has 3 N–H and O–H groups in total. The number of rotatable bonds is 5. The van der Waals surface area contributed by atoms with Gasteiger partial charge in [0.2, 0.25) is 5.91 Å². The zero-order chi connectivity index (χ0) is 11.4. The van der Waals surface area contributed by atoms with Gasteiger partial charge in [-0.15, -0.1) is 0 Å². The van der Waals surface area contributed by atoms with Gasteiger partial charge in [0.1, 0.15) is 0 Å². The Labute approximate surface area is 89.2 Å². The first-order valence-corrected chi connectivity index (χ1v) is 5.31. The Morgan fingerprint density at radius 2 is 2.13 bits per heavy atom. The van der Waals surface area contributed by atoms with E-state index < -0.39 is 5.97 Å². The van der Waals surface area contributed by atoms with Crippen molar-refractivity contribution in [1.29, 1.82) is 0 Å². The van der Waals surface area contributed by atoms with Gasteiger partial charge in [0.25, 0.3) is 0 Å². The van der Waals surface area contributed by atoms with Crippen LogP contribution in [0.5, 0.6) is 0 Å². The molecule has 5 heteroatoms. The number of hydrogen-bond acceptors (Lipinski definition) is 3. The number of nitrogens with zero attached hydrogens (tertiary/aromatic N) is 1. The molecule has 1 aliphatic heterocycles. The molecule has 1 fully saturated rings. The smallest absolute Gasteiger partial charge is 0.310 e. The first-order chi connectivity index (χ1) is 7.10. The molecule has 1 atom stereocenters. The lowest BCUT2D eigenvalue weighted by atomic mass is 9.95. The molecule has 1 rings (SSSR count). The van der Waals surface area contributed by atoms with E-state index in [1.807, 2.05) is 6.92 Å². The topological polar surface area (TPSA) is 83.6 Å². The van der Waals surface area contributed by atoms with Crippen LogP contribution >= 0.6 is 0 Å². The zero-order valence-electron chi connectivity index (χ0n) is 8.98. The van der Waals surface area contributed by atoms with Gasteiger partial charge in [0.15, 0.2) is 0 Å². The molecule has 0 aromatic rings. The average molecular weight is 214 g/mol. The lowest BCUT2D eigenvalue weighted by molar-refractivity contribution is -0.154. The summed E-state index contributed by atoms with van der Waals surface area (Å²) in [6.45, 7) is 3.04. The average Bonchev–Trinajstić information content (AvgIpc) is 2.10. The van der Waals surface area contributed by atoms with Gasteiger partial charge >= 0.3 is 5.97 Å². The number of aliphatic carboxylic acids is 1. The molecule has 1 aliphatic rings. The molecule has 5 nitrogen and oxygen atoms in total. The molecule has 0 bridgehead atoms. The number of nitrogens with two attached hydrogens (primary N) is 1. The second-order valence-corrected chi connectivity index (χ2v) is 4.00. The van der Waals surface area contributed by atoms with Crippen molar-refractivity contribution in [3.8, 4) is 0 Å². The summed E-state index contributed by atoms with van der Waals surface area (Å²) in [7, 11) is 0. The van der Waals surface area contributed by atoms with E-state index in [4.69, 9.17) is 10.8 Å². The second kappa shape index (κ2) is 5.11. The predicted molar refractivity (Wildman–Crippen MR) is 55.2 cm³/mol. The highest BCUT2D eigenvalue weighted by molar-refractivity contribution is 5.82. The fourth-order valence-electron chi connectivity index (χ4n) is 1.76. The summed E-state index contributed by atoms with van der Waals surface area (Å²) in [6.07, 6.45) is 1.70. The lowest BCUT2D eigenvalue weighted by Gasteiger charge is -2.38. The number of amides is 1. The van der Waals surface area contributed by atoms with Crippen LogP contribution in [0.15, 0.2) is 0 Å². The summed E-state index contributed by atoms with van der Waals surface area (Å²) in [5.74, 6) is -1.32.